The Morgan fingerprint density at radius 3 is 1.00 bits per heavy atom. The van der Waals surface area contributed by atoms with E-state index in [1.165, 1.54) is 0 Å². The molecule has 0 saturated carbocycles. The van der Waals surface area contributed by atoms with Crippen LogP contribution in [0.2, 0.25) is 0 Å². The quantitative estimate of drug-likeness (QED) is 0.429. The van der Waals surface area contributed by atoms with Gasteiger partial charge in [-0.2, -0.15) is 0 Å². The van der Waals surface area contributed by atoms with Gasteiger partial charge in [0.2, 0.25) is 0 Å². The van der Waals surface area contributed by atoms with Crippen LogP contribution in [-0.4, -0.2) is 51.9 Å². The van der Waals surface area contributed by atoms with E-state index in [1.54, 1.807) is 0 Å². The zero-order valence-corrected chi connectivity index (χ0v) is 9.66. The summed E-state index contributed by atoms with van der Waals surface area (Å²) < 4.78 is 0. The van der Waals surface area contributed by atoms with E-state index in [0.29, 0.717) is 0 Å². The molecule has 0 bridgehead atoms. The van der Waals surface area contributed by atoms with E-state index in [2.05, 4.69) is 15.9 Å². The molecule has 38 valence electrons. The minimum absolute atomic E-state index is 0. The van der Waals surface area contributed by atoms with Gasteiger partial charge < -0.3 is 5.71 Å². The van der Waals surface area contributed by atoms with Gasteiger partial charge in [-0.05, 0) is 5.83 Å². The van der Waals surface area contributed by atoms with Crippen molar-refractivity contribution in [2.24, 2.45) is 0 Å². The molecule has 0 aliphatic heterocycles. The average Bonchev–Trinajstić information content (AvgIpc) is 1.00. The normalized spacial score (nSPS) is 1.00. The maximum atomic E-state index is 2.94. The van der Waals surface area contributed by atoms with Gasteiger partial charge >= 0.3 is 46.1 Å². The van der Waals surface area contributed by atoms with Crippen LogP contribution in [0.15, 0.2) is 0 Å². The van der Waals surface area contributed by atoms with Crippen LogP contribution in [0.5, 0.6) is 0 Å². The summed E-state index contributed by atoms with van der Waals surface area (Å²) in [5.74, 6) is 1.81. The zero-order valence-electron chi connectivity index (χ0n) is 7.61. The van der Waals surface area contributed by atoms with Crippen molar-refractivity contribution in [2.75, 3.05) is 5.83 Å². The van der Waals surface area contributed by atoms with Gasteiger partial charge in [-0.25, -0.2) is 0 Å². The maximum absolute atomic E-state index is 2.94. The average molecular weight is 221 g/mol. The van der Waals surface area contributed by atoms with E-state index in [4.69, 9.17) is 0 Å². The Labute approximate surface area is 97.4 Å². The summed E-state index contributed by atoms with van der Waals surface area (Å²) in [7, 11) is 0. The van der Waals surface area contributed by atoms with E-state index >= 15 is 0 Å². The van der Waals surface area contributed by atoms with Crippen LogP contribution in [0.4, 0.5) is 0 Å². The smallest absolute Gasteiger partial charge is 1.00 e. The fraction of sp³-hybridized carbons (Fsp3) is 1.00. The Hall–Kier alpha value is 2.59. The van der Waals surface area contributed by atoms with Crippen molar-refractivity contribution in [2.45, 2.75) is 0 Å². The predicted molar refractivity (Wildman–Crippen MR) is 45.3 cm³/mol. The topological polar surface area (TPSA) is 0 Å². The molecule has 0 heterocycles. The van der Waals surface area contributed by atoms with Gasteiger partial charge in [-0.3, -0.25) is 0 Å². The molecule has 0 aliphatic rings. The second-order valence-corrected chi connectivity index (χ2v) is 0. The van der Waals surface area contributed by atoms with E-state index < -0.39 is 0 Å². The van der Waals surface area contributed by atoms with Crippen molar-refractivity contribution in [3.8, 4) is 0 Å². The van der Waals surface area contributed by atoms with Crippen LogP contribution < -0.4 is 0 Å². The molecular weight excluding hydrogens is 211 g/mol. The Morgan fingerprint density at radius 1 is 1.00 bits per heavy atom. The number of hydrogen-bond donors (Lipinski definition) is 0. The molecule has 0 atom stereocenters. The molecule has 0 rings (SSSR count). The van der Waals surface area contributed by atoms with Gasteiger partial charge in [-0.15, -0.1) is 24.8 Å². The molecule has 0 aromatic heterocycles. The largest absolute Gasteiger partial charge is 2.00 e. The molecule has 0 radical (unpaired) electrons. The standard InChI is InChI=1S/CH3Br.2ClH.2Mg.4H/c1-2;;;;;;;;/h1H3;2*1H;;;;;;/q;;;2*+2;4*-1. The molecule has 0 amide bonds. The van der Waals surface area contributed by atoms with Crippen molar-refractivity contribution < 1.29 is 5.71 Å². The van der Waals surface area contributed by atoms with Crippen LogP contribution in [0.3, 0.4) is 0 Å². The third kappa shape index (κ3) is 30.7. The van der Waals surface area contributed by atoms with Crippen molar-refractivity contribution in [3.63, 3.8) is 0 Å². The van der Waals surface area contributed by atoms with Crippen LogP contribution >= 0.6 is 40.7 Å². The molecule has 0 N–H and O–H groups in total. The summed E-state index contributed by atoms with van der Waals surface area (Å²) in [6.07, 6.45) is 0. The number of alkyl halides is 1. The molecule has 0 saturated heterocycles. The van der Waals surface area contributed by atoms with Gasteiger partial charge in [-0.1, -0.05) is 15.9 Å². The molecule has 0 spiro atoms. The first-order chi connectivity index (χ1) is 1.00. The first-order valence-electron chi connectivity index (χ1n) is 0.378. The number of hydrogen-bond acceptors (Lipinski definition) is 0. The monoisotopic (exact) mass is 218 g/mol. The maximum Gasteiger partial charge on any atom is 2.00 e. The van der Waals surface area contributed by atoms with Crippen molar-refractivity contribution in [3.05, 3.63) is 0 Å². The predicted octanol–water partition coefficient (Wildman–Crippen LogP) is 1.54. The van der Waals surface area contributed by atoms with Gasteiger partial charge in [0.25, 0.3) is 0 Å². The van der Waals surface area contributed by atoms with Gasteiger partial charge in [0.15, 0.2) is 0 Å². The molecule has 0 aromatic carbocycles. The fourth-order valence-electron chi connectivity index (χ4n) is 0. The SMILES string of the molecule is CBr.Cl.Cl.[H-].[H-].[H-].[H-].[Mg+2].[Mg+2]. The van der Waals surface area contributed by atoms with Gasteiger partial charge in [0.05, 0.1) is 0 Å². The Balaban J connectivity index is -0.000000000179. The summed E-state index contributed by atoms with van der Waals surface area (Å²) in [6, 6.07) is 0. The van der Waals surface area contributed by atoms with Crippen molar-refractivity contribution in [1.29, 1.82) is 0 Å². The molecule has 0 fully saturated rings. The Kier molecular flexibility index (Phi) is 314. The molecule has 5 heteroatoms. The molecule has 6 heavy (non-hydrogen) atoms. The minimum Gasteiger partial charge on any atom is -1.00 e. The summed E-state index contributed by atoms with van der Waals surface area (Å²) in [4.78, 5) is 0. The van der Waals surface area contributed by atoms with Gasteiger partial charge in [0, 0.05) is 0 Å². The minimum atomic E-state index is 0. The Bertz CT molecular complexity index is 21.2. The first kappa shape index (κ1) is 38.4. The fourth-order valence-corrected chi connectivity index (χ4v) is 0. The third-order valence-electron chi connectivity index (χ3n) is 0. The van der Waals surface area contributed by atoms with E-state index in [9.17, 15) is 0 Å². The molecule has 0 aromatic rings. The van der Waals surface area contributed by atoms with E-state index in [-0.39, 0.29) is 76.6 Å². The van der Waals surface area contributed by atoms with Crippen LogP contribution in [0, 0.1) is 0 Å². The van der Waals surface area contributed by atoms with Gasteiger partial charge in [0.1, 0.15) is 0 Å². The molecule has 0 nitrogen and oxygen atoms in total. The van der Waals surface area contributed by atoms with Crippen LogP contribution in [0.1, 0.15) is 5.71 Å². The van der Waals surface area contributed by atoms with Crippen LogP contribution in [-0.2, 0) is 0 Å². The summed E-state index contributed by atoms with van der Waals surface area (Å²) in [5, 5.41) is 0. The van der Waals surface area contributed by atoms with E-state index in [1.807, 2.05) is 5.83 Å². The number of rotatable bonds is 0. The summed E-state index contributed by atoms with van der Waals surface area (Å²) >= 11 is 2.94. The Morgan fingerprint density at radius 2 is 1.00 bits per heavy atom. The summed E-state index contributed by atoms with van der Waals surface area (Å²) in [6.45, 7) is 0. The summed E-state index contributed by atoms with van der Waals surface area (Å²) in [5.41, 5.74) is 0. The van der Waals surface area contributed by atoms with E-state index in [0.717, 1.165) is 0 Å². The van der Waals surface area contributed by atoms with Crippen LogP contribution in [0.25, 0.3) is 0 Å². The third-order valence-corrected chi connectivity index (χ3v) is 0. The second-order valence-electron chi connectivity index (χ2n) is 0. The second kappa shape index (κ2) is 49.1. The molecular formula is CH9BrCl2Mg2. The van der Waals surface area contributed by atoms with Crippen molar-refractivity contribution >= 4 is 86.8 Å². The zero-order chi connectivity index (χ0) is 2.00. The molecule has 0 aliphatic carbocycles. The van der Waals surface area contributed by atoms with Crippen molar-refractivity contribution in [1.82, 2.24) is 0 Å². The first-order valence-corrected chi connectivity index (χ1v) is 1.96. The molecule has 0 unspecified atom stereocenters. The number of halogens is 3.